The second-order valence-electron chi connectivity index (χ2n) is 3.46. The highest BCUT2D eigenvalue weighted by atomic mass is 16.5. The van der Waals surface area contributed by atoms with Crippen LogP contribution in [0.25, 0.3) is 0 Å². The molecule has 0 saturated carbocycles. The summed E-state index contributed by atoms with van der Waals surface area (Å²) in [5, 5.41) is 6.67. The Morgan fingerprint density at radius 1 is 1.67 bits per heavy atom. The van der Waals surface area contributed by atoms with Gasteiger partial charge in [-0.2, -0.15) is 5.10 Å². The predicted molar refractivity (Wildman–Crippen MR) is 47.8 cm³/mol. The number of nitrogen functional groups attached to an aromatic ring is 1. The van der Waals surface area contributed by atoms with Crippen molar-refractivity contribution < 1.29 is 4.74 Å². The summed E-state index contributed by atoms with van der Waals surface area (Å²) in [6, 6.07) is 1.82. The van der Waals surface area contributed by atoms with Gasteiger partial charge in [0.15, 0.2) is 0 Å². The molecule has 0 aliphatic rings. The first-order chi connectivity index (χ1) is 5.53. The molecule has 1 heterocycles. The molecule has 0 radical (unpaired) electrons. The van der Waals surface area contributed by atoms with Crippen LogP contribution in [0.15, 0.2) is 6.07 Å². The fourth-order valence-electron chi connectivity index (χ4n) is 1.00. The van der Waals surface area contributed by atoms with Gasteiger partial charge in [-0.05, 0) is 13.8 Å². The van der Waals surface area contributed by atoms with E-state index in [4.69, 9.17) is 10.5 Å². The van der Waals surface area contributed by atoms with Gasteiger partial charge in [0.2, 0.25) is 0 Å². The molecule has 1 rings (SSSR count). The van der Waals surface area contributed by atoms with Crippen LogP contribution in [0.3, 0.4) is 0 Å². The van der Waals surface area contributed by atoms with Crippen LogP contribution >= 0.6 is 0 Å². The van der Waals surface area contributed by atoms with Crippen LogP contribution in [0.1, 0.15) is 19.5 Å². The quantitative estimate of drug-likeness (QED) is 0.708. The number of methoxy groups -OCH3 is 1. The summed E-state index contributed by atoms with van der Waals surface area (Å²) >= 11 is 0. The van der Waals surface area contributed by atoms with Crippen LogP contribution < -0.4 is 5.73 Å². The van der Waals surface area contributed by atoms with Gasteiger partial charge >= 0.3 is 0 Å². The Balaban J connectivity index is 2.63. The summed E-state index contributed by atoms with van der Waals surface area (Å²) in [5.41, 5.74) is 6.29. The number of hydrogen-bond acceptors (Lipinski definition) is 3. The molecular weight excluding hydrogens is 154 g/mol. The van der Waals surface area contributed by atoms with Crippen LogP contribution in [0, 0.1) is 0 Å². The van der Waals surface area contributed by atoms with Gasteiger partial charge in [0, 0.05) is 25.3 Å². The fourth-order valence-corrected chi connectivity index (χ4v) is 1.00. The van der Waals surface area contributed by atoms with Crippen molar-refractivity contribution in [3.8, 4) is 0 Å². The van der Waals surface area contributed by atoms with Crippen molar-refractivity contribution in [1.82, 2.24) is 10.2 Å². The monoisotopic (exact) mass is 169 g/mol. The smallest absolute Gasteiger partial charge is 0.145 e. The maximum absolute atomic E-state index is 5.46. The third-order valence-corrected chi connectivity index (χ3v) is 1.82. The molecule has 0 aliphatic heterocycles. The average Bonchev–Trinajstić information content (AvgIpc) is 2.35. The van der Waals surface area contributed by atoms with E-state index in [2.05, 4.69) is 10.2 Å². The van der Waals surface area contributed by atoms with E-state index in [1.165, 1.54) is 0 Å². The topological polar surface area (TPSA) is 63.9 Å². The standard InChI is InChI=1S/C8H15N3O/c1-8(2,12-3)5-6-4-7(9)11-10-6/h4H,5H2,1-3H3,(H3,9,10,11). The molecule has 3 N–H and O–H groups in total. The Bertz CT molecular complexity index is 255. The number of ether oxygens (including phenoxy) is 1. The minimum atomic E-state index is -0.168. The van der Waals surface area contributed by atoms with Crippen molar-refractivity contribution in [3.05, 3.63) is 11.8 Å². The highest BCUT2D eigenvalue weighted by molar-refractivity contribution is 5.28. The molecular formula is C8H15N3O. The van der Waals surface area contributed by atoms with Gasteiger partial charge in [-0.25, -0.2) is 0 Å². The lowest BCUT2D eigenvalue weighted by molar-refractivity contribution is 0.0224. The zero-order valence-corrected chi connectivity index (χ0v) is 7.72. The zero-order valence-electron chi connectivity index (χ0n) is 7.72. The lowest BCUT2D eigenvalue weighted by Crippen LogP contribution is -2.25. The largest absolute Gasteiger partial charge is 0.382 e. The Kier molecular flexibility index (Phi) is 2.38. The summed E-state index contributed by atoms with van der Waals surface area (Å²) in [5.74, 6) is 0.525. The van der Waals surface area contributed by atoms with Gasteiger partial charge in [-0.3, -0.25) is 5.10 Å². The lowest BCUT2D eigenvalue weighted by atomic mass is 10.0. The van der Waals surface area contributed by atoms with Gasteiger partial charge in [0.25, 0.3) is 0 Å². The lowest BCUT2D eigenvalue weighted by Gasteiger charge is -2.21. The number of nitrogens with zero attached hydrogens (tertiary/aromatic N) is 1. The van der Waals surface area contributed by atoms with Gasteiger partial charge in [0.1, 0.15) is 5.82 Å². The summed E-state index contributed by atoms with van der Waals surface area (Å²) in [4.78, 5) is 0. The Hall–Kier alpha value is -1.03. The second kappa shape index (κ2) is 3.15. The molecule has 1 aromatic heterocycles. The van der Waals surface area contributed by atoms with E-state index in [0.717, 1.165) is 12.1 Å². The summed E-state index contributed by atoms with van der Waals surface area (Å²) in [7, 11) is 1.69. The van der Waals surface area contributed by atoms with Crippen molar-refractivity contribution >= 4 is 5.82 Å². The van der Waals surface area contributed by atoms with Crippen LogP contribution in [0.5, 0.6) is 0 Å². The fraction of sp³-hybridized carbons (Fsp3) is 0.625. The van der Waals surface area contributed by atoms with Gasteiger partial charge in [-0.1, -0.05) is 0 Å². The molecule has 0 fully saturated rings. The Morgan fingerprint density at radius 3 is 2.75 bits per heavy atom. The molecule has 0 unspecified atom stereocenters. The number of nitrogens with two attached hydrogens (primary N) is 1. The zero-order chi connectivity index (χ0) is 9.19. The van der Waals surface area contributed by atoms with Crippen molar-refractivity contribution in [3.63, 3.8) is 0 Å². The molecule has 0 saturated heterocycles. The van der Waals surface area contributed by atoms with Crippen LogP contribution in [-0.4, -0.2) is 22.9 Å². The van der Waals surface area contributed by atoms with Crippen molar-refractivity contribution in [2.45, 2.75) is 25.9 Å². The van der Waals surface area contributed by atoms with E-state index < -0.39 is 0 Å². The summed E-state index contributed by atoms with van der Waals surface area (Å²) < 4.78 is 5.26. The first kappa shape index (κ1) is 9.06. The van der Waals surface area contributed by atoms with E-state index in [1.54, 1.807) is 7.11 Å². The molecule has 0 aromatic carbocycles. The molecule has 12 heavy (non-hydrogen) atoms. The van der Waals surface area contributed by atoms with E-state index in [1.807, 2.05) is 19.9 Å². The molecule has 0 aliphatic carbocycles. The minimum absolute atomic E-state index is 0.168. The molecule has 1 aromatic rings. The van der Waals surface area contributed by atoms with Crippen LogP contribution in [0.4, 0.5) is 5.82 Å². The highest BCUT2D eigenvalue weighted by Gasteiger charge is 2.17. The first-order valence-corrected chi connectivity index (χ1v) is 3.88. The molecule has 4 nitrogen and oxygen atoms in total. The molecule has 0 atom stereocenters. The number of hydrogen-bond donors (Lipinski definition) is 2. The molecule has 0 spiro atoms. The van der Waals surface area contributed by atoms with Crippen molar-refractivity contribution in [1.29, 1.82) is 0 Å². The average molecular weight is 169 g/mol. The number of aromatic nitrogens is 2. The first-order valence-electron chi connectivity index (χ1n) is 3.88. The maximum atomic E-state index is 5.46. The van der Waals surface area contributed by atoms with E-state index in [9.17, 15) is 0 Å². The SMILES string of the molecule is COC(C)(C)Cc1cc(N)n[nH]1. The normalized spacial score (nSPS) is 11.9. The molecule has 0 amide bonds. The molecule has 0 bridgehead atoms. The summed E-state index contributed by atoms with van der Waals surface area (Å²) in [6.07, 6.45) is 0.785. The van der Waals surface area contributed by atoms with Crippen LogP contribution in [-0.2, 0) is 11.2 Å². The third-order valence-electron chi connectivity index (χ3n) is 1.82. The van der Waals surface area contributed by atoms with E-state index in [0.29, 0.717) is 5.82 Å². The van der Waals surface area contributed by atoms with Gasteiger partial charge < -0.3 is 10.5 Å². The number of rotatable bonds is 3. The molecule has 4 heteroatoms. The summed E-state index contributed by atoms with van der Waals surface area (Å²) in [6.45, 7) is 4.04. The van der Waals surface area contributed by atoms with Gasteiger partial charge in [0.05, 0.1) is 5.60 Å². The third kappa shape index (κ3) is 2.23. The van der Waals surface area contributed by atoms with Crippen LogP contribution in [0.2, 0.25) is 0 Å². The Morgan fingerprint density at radius 2 is 2.33 bits per heavy atom. The van der Waals surface area contributed by atoms with Crippen molar-refractivity contribution in [2.75, 3.05) is 12.8 Å². The van der Waals surface area contributed by atoms with Gasteiger partial charge in [-0.15, -0.1) is 0 Å². The Labute approximate surface area is 72.1 Å². The number of anilines is 1. The number of H-pyrrole nitrogens is 1. The van der Waals surface area contributed by atoms with E-state index in [-0.39, 0.29) is 5.60 Å². The predicted octanol–water partition coefficient (Wildman–Crippen LogP) is 0.959. The second-order valence-corrected chi connectivity index (χ2v) is 3.46. The van der Waals surface area contributed by atoms with E-state index >= 15 is 0 Å². The maximum Gasteiger partial charge on any atom is 0.145 e. The van der Waals surface area contributed by atoms with Crippen molar-refractivity contribution in [2.24, 2.45) is 0 Å². The highest BCUT2D eigenvalue weighted by Crippen LogP contribution is 2.15. The minimum Gasteiger partial charge on any atom is -0.382 e. The number of aromatic amines is 1. The molecule has 68 valence electrons. The number of nitrogens with one attached hydrogen (secondary N) is 1.